The van der Waals surface area contributed by atoms with Crippen LogP contribution in [0.1, 0.15) is 51.7 Å². The fourth-order valence-corrected chi connectivity index (χ4v) is 4.79. The predicted molar refractivity (Wildman–Crippen MR) is 148 cm³/mol. The van der Waals surface area contributed by atoms with E-state index in [-0.39, 0.29) is 16.4 Å². The molecule has 1 fully saturated rings. The number of hydrogen-bond acceptors (Lipinski definition) is 6. The number of rotatable bonds is 12. The third-order valence-electron chi connectivity index (χ3n) is 7.87. The quantitative estimate of drug-likeness (QED) is 0.280. The summed E-state index contributed by atoms with van der Waals surface area (Å²) in [6.45, 7) is 13.1. The van der Waals surface area contributed by atoms with Gasteiger partial charge >= 0.3 is 7.69 Å². The van der Waals surface area contributed by atoms with Gasteiger partial charge in [0.25, 0.3) is 0 Å². The Morgan fingerprint density at radius 3 is 1.59 bits per heavy atom. The number of hydrogen-bond donors (Lipinski definition) is 0. The zero-order chi connectivity index (χ0) is 26.8. The fourth-order valence-electron chi connectivity index (χ4n) is 4.79. The second kappa shape index (κ2) is 13.9. The first-order chi connectivity index (χ1) is 17.8. The van der Waals surface area contributed by atoms with Crippen LogP contribution in [0.5, 0.6) is 0 Å². The number of ether oxygens (including phenoxy) is 4. The summed E-state index contributed by atoms with van der Waals surface area (Å²) < 4.78 is 32.3. The highest BCUT2D eigenvalue weighted by molar-refractivity contribution is 6.18. The van der Waals surface area contributed by atoms with Gasteiger partial charge in [-0.3, -0.25) is 0 Å². The minimum Gasteiger partial charge on any atom is -0.413 e. The molecular weight excluding hydrogens is 467 g/mol. The van der Waals surface area contributed by atoms with E-state index in [0.717, 1.165) is 19.4 Å². The second-order valence-corrected chi connectivity index (χ2v) is 10.8. The molecule has 2 aromatic rings. The van der Waals surface area contributed by atoms with E-state index in [2.05, 4.69) is 76.2 Å². The highest BCUT2D eigenvalue weighted by Gasteiger charge is 2.42. The average molecular weight is 511 g/mol. The SMILES string of the molecule is CC1(C)CO[B]OC1(C)C.COCCOCCC1(CCOCCOC)c2ccccc2-c2ccccc21. The Morgan fingerprint density at radius 1 is 0.703 bits per heavy atom. The molecule has 1 saturated heterocycles. The summed E-state index contributed by atoms with van der Waals surface area (Å²) in [6.07, 6.45) is 1.86. The molecule has 0 bridgehead atoms. The molecule has 0 unspecified atom stereocenters. The molecule has 0 amide bonds. The number of benzene rings is 2. The first-order valence-corrected chi connectivity index (χ1v) is 13.2. The molecule has 0 atom stereocenters. The molecule has 37 heavy (non-hydrogen) atoms. The largest absolute Gasteiger partial charge is 0.488 e. The van der Waals surface area contributed by atoms with Crippen LogP contribution >= 0.6 is 0 Å². The predicted octanol–water partition coefficient (Wildman–Crippen LogP) is 5.43. The Hall–Kier alpha value is -1.74. The lowest BCUT2D eigenvalue weighted by molar-refractivity contribution is -0.0873. The van der Waals surface area contributed by atoms with Crippen molar-refractivity contribution in [3.8, 4) is 11.1 Å². The van der Waals surface area contributed by atoms with Crippen LogP contribution in [0.2, 0.25) is 0 Å². The lowest BCUT2D eigenvalue weighted by Gasteiger charge is -2.44. The van der Waals surface area contributed by atoms with E-state index in [1.165, 1.54) is 29.9 Å². The summed E-state index contributed by atoms with van der Waals surface area (Å²) in [5.74, 6) is 0. The van der Waals surface area contributed by atoms with E-state index in [1.54, 1.807) is 14.2 Å². The normalized spacial score (nSPS) is 18.2. The topological polar surface area (TPSA) is 55.4 Å². The van der Waals surface area contributed by atoms with Crippen molar-refractivity contribution >= 4 is 7.69 Å². The average Bonchev–Trinajstić information content (AvgIpc) is 3.16. The van der Waals surface area contributed by atoms with Gasteiger partial charge in [-0.25, -0.2) is 0 Å². The third kappa shape index (κ3) is 7.22. The molecule has 6 nitrogen and oxygen atoms in total. The van der Waals surface area contributed by atoms with Gasteiger partial charge in [0.1, 0.15) is 0 Å². The molecule has 1 aliphatic carbocycles. The maximum Gasteiger partial charge on any atom is 0.488 e. The van der Waals surface area contributed by atoms with Gasteiger partial charge in [-0.15, -0.1) is 0 Å². The van der Waals surface area contributed by atoms with Gasteiger partial charge < -0.3 is 28.3 Å². The van der Waals surface area contributed by atoms with Crippen LogP contribution in [0.3, 0.4) is 0 Å². The molecule has 0 spiro atoms. The molecule has 0 N–H and O–H groups in total. The molecule has 4 rings (SSSR count). The fraction of sp³-hybridized carbons (Fsp3) is 0.600. The van der Waals surface area contributed by atoms with Crippen LogP contribution in [-0.4, -0.2) is 73.8 Å². The van der Waals surface area contributed by atoms with Crippen LogP contribution in [0, 0.1) is 5.41 Å². The molecule has 1 radical (unpaired) electrons. The molecule has 203 valence electrons. The van der Waals surface area contributed by atoms with Crippen molar-refractivity contribution in [1.29, 1.82) is 0 Å². The summed E-state index contributed by atoms with van der Waals surface area (Å²) >= 11 is 0. The molecule has 1 aliphatic heterocycles. The maximum absolute atomic E-state index is 5.85. The monoisotopic (exact) mass is 511 g/mol. The van der Waals surface area contributed by atoms with Gasteiger partial charge in [0.2, 0.25) is 0 Å². The summed E-state index contributed by atoms with van der Waals surface area (Å²) in [6, 6.07) is 17.5. The van der Waals surface area contributed by atoms with Crippen molar-refractivity contribution in [3.63, 3.8) is 0 Å². The van der Waals surface area contributed by atoms with Gasteiger partial charge in [-0.1, -0.05) is 62.4 Å². The first kappa shape index (κ1) is 29.8. The summed E-state index contributed by atoms with van der Waals surface area (Å²) in [4.78, 5) is 0. The second-order valence-electron chi connectivity index (χ2n) is 10.8. The van der Waals surface area contributed by atoms with E-state index in [1.807, 2.05) is 0 Å². The molecular formula is C30H44BO6. The van der Waals surface area contributed by atoms with Crippen LogP contribution in [0.15, 0.2) is 48.5 Å². The standard InChI is InChI=1S/C23H30O4.C7H14BO2/c1-24-15-17-26-13-11-23(12-14-27-18-16-25-2)21-9-5-3-7-19(21)20-8-4-6-10-22(20)23;1-6(2)5-9-8-10-7(6,3)4/h3-10H,11-18H2,1-2H3;5H2,1-4H3. The van der Waals surface area contributed by atoms with Crippen molar-refractivity contribution in [3.05, 3.63) is 59.7 Å². The van der Waals surface area contributed by atoms with Gasteiger partial charge in [0.05, 0.1) is 32.0 Å². The Morgan fingerprint density at radius 2 is 1.19 bits per heavy atom. The van der Waals surface area contributed by atoms with Crippen LogP contribution < -0.4 is 0 Å². The Balaban J connectivity index is 0.000000319. The van der Waals surface area contributed by atoms with Crippen LogP contribution in [0.25, 0.3) is 11.1 Å². The van der Waals surface area contributed by atoms with Crippen molar-refractivity contribution in [2.45, 2.75) is 51.6 Å². The Bertz CT molecular complexity index is 883. The highest BCUT2D eigenvalue weighted by atomic mass is 16.6. The summed E-state index contributed by atoms with van der Waals surface area (Å²) in [5, 5.41) is 0. The summed E-state index contributed by atoms with van der Waals surface area (Å²) in [5.41, 5.74) is 5.36. The van der Waals surface area contributed by atoms with Crippen molar-refractivity contribution in [2.24, 2.45) is 5.41 Å². The lowest BCUT2D eigenvalue weighted by Crippen LogP contribution is -2.50. The van der Waals surface area contributed by atoms with Gasteiger partial charge in [-0.05, 0) is 48.9 Å². The van der Waals surface area contributed by atoms with Crippen molar-refractivity contribution in [1.82, 2.24) is 0 Å². The molecule has 1 heterocycles. The van der Waals surface area contributed by atoms with Crippen molar-refractivity contribution in [2.75, 3.05) is 60.5 Å². The van der Waals surface area contributed by atoms with E-state index < -0.39 is 0 Å². The molecule has 7 heteroatoms. The van der Waals surface area contributed by atoms with E-state index in [9.17, 15) is 0 Å². The highest BCUT2D eigenvalue weighted by Crippen LogP contribution is 2.52. The first-order valence-electron chi connectivity index (χ1n) is 13.2. The smallest absolute Gasteiger partial charge is 0.413 e. The third-order valence-corrected chi connectivity index (χ3v) is 7.87. The number of fused-ring (bicyclic) bond motifs is 3. The van der Waals surface area contributed by atoms with Crippen LogP contribution in [-0.2, 0) is 33.7 Å². The van der Waals surface area contributed by atoms with E-state index in [4.69, 9.17) is 28.3 Å². The Kier molecular flexibility index (Phi) is 11.2. The number of methoxy groups -OCH3 is 2. The van der Waals surface area contributed by atoms with Gasteiger partial charge in [0.15, 0.2) is 0 Å². The minimum atomic E-state index is -0.106. The van der Waals surface area contributed by atoms with E-state index >= 15 is 0 Å². The molecule has 2 aliphatic rings. The van der Waals surface area contributed by atoms with Gasteiger partial charge in [-0.2, -0.15) is 0 Å². The summed E-state index contributed by atoms with van der Waals surface area (Å²) in [7, 11) is 4.84. The maximum atomic E-state index is 5.85. The molecule has 2 aromatic carbocycles. The Labute approximate surface area is 224 Å². The molecule has 0 aromatic heterocycles. The van der Waals surface area contributed by atoms with Crippen molar-refractivity contribution < 1.29 is 28.3 Å². The van der Waals surface area contributed by atoms with E-state index in [0.29, 0.717) is 39.6 Å². The lowest BCUT2D eigenvalue weighted by atomic mass is 9.73. The van der Waals surface area contributed by atoms with Gasteiger partial charge in [0, 0.05) is 44.9 Å². The minimum absolute atomic E-state index is 0.0761. The zero-order valence-corrected chi connectivity index (χ0v) is 23.5. The zero-order valence-electron chi connectivity index (χ0n) is 23.5. The van der Waals surface area contributed by atoms with Crippen LogP contribution in [0.4, 0.5) is 0 Å². The molecule has 0 saturated carbocycles.